The number of allylic oxidation sites excluding steroid dienone is 2. The summed E-state index contributed by atoms with van der Waals surface area (Å²) in [5.41, 5.74) is 11.8. The fourth-order valence-corrected chi connectivity index (χ4v) is 21.3. The molecule has 9 aromatic rings. The number of nitrogens with zero attached hydrogens (tertiary/aromatic N) is 8. The molecule has 19 rings (SSSR count). The van der Waals surface area contributed by atoms with Gasteiger partial charge in [0.15, 0.2) is 0 Å². The Morgan fingerprint density at radius 1 is 0.414 bits per heavy atom. The van der Waals surface area contributed by atoms with Crippen LogP contribution in [0.1, 0.15) is 173 Å². The monoisotopic (exact) mass is 1810 g/mol. The highest BCUT2D eigenvalue weighted by Gasteiger charge is 2.59. The molecule has 133 heavy (non-hydrogen) atoms. The molecule has 31 heteroatoms. The maximum absolute atomic E-state index is 14.1. The molecule has 4 aliphatic carbocycles. The number of hydrogen-bond acceptors (Lipinski definition) is 20. The highest BCUT2D eigenvalue weighted by molar-refractivity contribution is 6.07. The van der Waals surface area contributed by atoms with E-state index in [0.29, 0.717) is 58.1 Å². The maximum atomic E-state index is 14.1. The molecule has 10 aliphatic rings. The van der Waals surface area contributed by atoms with Crippen LogP contribution in [0.15, 0.2) is 172 Å². The van der Waals surface area contributed by atoms with E-state index in [1.807, 2.05) is 129 Å². The molecule has 7 aromatic carbocycles. The predicted octanol–water partition coefficient (Wildman–Crippen LogP) is 15.3. The summed E-state index contributed by atoms with van der Waals surface area (Å²) >= 11 is 0. The number of carboxylic acid groups (broad SMARTS) is 1. The van der Waals surface area contributed by atoms with Crippen LogP contribution in [0, 0.1) is 47.3 Å². The van der Waals surface area contributed by atoms with Gasteiger partial charge >= 0.3 is 36.4 Å². The van der Waals surface area contributed by atoms with Gasteiger partial charge in [-0.05, 0) is 232 Å². The van der Waals surface area contributed by atoms with Crippen molar-refractivity contribution in [2.45, 2.75) is 212 Å². The summed E-state index contributed by atoms with van der Waals surface area (Å²) in [6.07, 6.45) is 11.3. The molecule has 2 aromatic heterocycles. The topological polar surface area (TPSA) is 397 Å². The number of carbonyl (C=O) groups is 9. The Balaban J connectivity index is 0.000000165. The first-order chi connectivity index (χ1) is 63.9. The molecular formula is C102H114N14O17. The van der Waals surface area contributed by atoms with Crippen LogP contribution in [-0.2, 0) is 49.5 Å². The number of likely N-dealkylation sites (tertiary alicyclic amines) is 4. The number of methoxy groups -OCH3 is 4. The summed E-state index contributed by atoms with van der Waals surface area (Å²) in [7, 11) is 5.08. The van der Waals surface area contributed by atoms with Gasteiger partial charge in [0, 0.05) is 60.8 Å². The lowest BCUT2D eigenvalue weighted by atomic mass is 9.94. The third kappa shape index (κ3) is 18.6. The quantitative estimate of drug-likeness (QED) is 0.0310. The molecule has 7 N–H and O–H groups in total. The number of amides is 8. The Kier molecular flexibility index (Phi) is 26.0. The van der Waals surface area contributed by atoms with E-state index in [1.54, 1.807) is 24.8 Å². The minimum absolute atomic E-state index is 0.00727. The number of carboxylic acids is 1. The fraction of sp³-hybridized carbons (Fsp3) is 0.441. The molecule has 6 aliphatic heterocycles. The number of alkyl carbamates (subject to hydrolysis) is 4. The summed E-state index contributed by atoms with van der Waals surface area (Å²) in [6, 6.07) is 43.1. The van der Waals surface area contributed by atoms with Gasteiger partial charge in [-0.2, -0.15) is 0 Å². The zero-order chi connectivity index (χ0) is 93.8. The number of carbonyl (C=O) groups excluding carboxylic acids is 8. The largest absolute Gasteiger partial charge is 0.480 e. The van der Waals surface area contributed by atoms with Crippen LogP contribution in [0.25, 0.3) is 76.8 Å². The van der Waals surface area contributed by atoms with Crippen LogP contribution >= 0.6 is 0 Å². The minimum Gasteiger partial charge on any atom is -0.480 e. The molecule has 8 fully saturated rings. The first-order valence-corrected chi connectivity index (χ1v) is 46.2. The Hall–Kier alpha value is -13.6. The van der Waals surface area contributed by atoms with E-state index in [-0.39, 0.29) is 119 Å². The van der Waals surface area contributed by atoms with Gasteiger partial charge in [-0.3, -0.25) is 38.9 Å². The van der Waals surface area contributed by atoms with Crippen LogP contribution in [-0.4, -0.2) is 199 Å². The van der Waals surface area contributed by atoms with Crippen LogP contribution in [0.4, 0.5) is 24.0 Å². The second-order valence-corrected chi connectivity index (χ2v) is 38.2. The van der Waals surface area contributed by atoms with Crippen LogP contribution in [0.5, 0.6) is 0 Å². The first-order valence-electron chi connectivity index (χ1n) is 46.2. The van der Waals surface area contributed by atoms with Crippen molar-refractivity contribution in [3.05, 3.63) is 201 Å². The standard InChI is InChI=1S/C48H48N6O6.C47H53N7O7.C7H13NO4/c1-26(2)42(51-47(57)59-3)46(56)54-40-22-34(40)23-41(54)39-21-35(24-49-39)31-12-11-28-17-30(10-9-29(28)18-31)32-14-16-37-38(20-32)50-44(52-45(37)55)43-33-13-15-36(19-33)53(43)48(58)60-25-27-7-5-4-6-8-27;1-23(2)39(50-46(58)60-5)44(56)53-33-13-11-30(17-33)41(53)42-49-35-18-29(12-14-34(35)43(55)52-42)27-8-7-26-16-28(10-9-25(26)15-27)32-19-36(48-22-32)38-21-31-20-37(31)54(38)45(57)40(24(3)4)51-47(59)61-6;1-4(2)5(6(9)10)8-7(11)12-3/h4-12,14,16-18,20,24,26,33-34,36,40-43H,13,15,19,21-23,25H2,1-3H3,(H,51,57)(H,50,52,55);7-10,12,14-16,18,22-24,30-31,33,37-41H,11,13,17,19-21H2,1-6H3,(H,50,58)(H,51,59)(H,49,52,55);4-5H,1-3H3,(H,8,11)(H,9,10)/t33-,34+,36+,40+,41-,42-,43-;30-,31+,33+,37+,38-,39-,40-,41-;5-/m000/s1. The van der Waals surface area contributed by atoms with Gasteiger partial charge in [-0.1, -0.05) is 146 Å². The molecular weight excluding hydrogens is 1690 g/mol. The van der Waals surface area contributed by atoms with E-state index in [4.69, 9.17) is 44.0 Å². The van der Waals surface area contributed by atoms with Gasteiger partial charge < -0.3 is 74.7 Å². The summed E-state index contributed by atoms with van der Waals surface area (Å²) in [5, 5.41) is 24.3. The highest BCUT2D eigenvalue weighted by atomic mass is 16.6. The molecule has 0 spiro atoms. The molecule has 4 saturated carbocycles. The number of aromatic amines is 2. The second kappa shape index (κ2) is 37.9. The third-order valence-electron chi connectivity index (χ3n) is 28.5. The number of H-pyrrole nitrogens is 2. The number of aliphatic imine (C=N–C) groups is 2. The van der Waals surface area contributed by atoms with E-state index in [9.17, 15) is 52.7 Å². The van der Waals surface area contributed by atoms with Gasteiger partial charge in [0.05, 0.1) is 74.4 Å². The average Bonchev–Trinajstić information content (AvgIpc) is 1.60. The van der Waals surface area contributed by atoms with E-state index in [2.05, 4.69) is 109 Å². The number of piperidine rings is 4. The number of rotatable bonds is 22. The van der Waals surface area contributed by atoms with Crippen molar-refractivity contribution in [1.29, 1.82) is 0 Å². The van der Waals surface area contributed by atoms with Gasteiger partial charge in [0.1, 0.15) is 42.4 Å². The van der Waals surface area contributed by atoms with Crippen molar-refractivity contribution >= 4 is 120 Å². The fourth-order valence-electron chi connectivity index (χ4n) is 21.3. The molecule has 694 valence electrons. The van der Waals surface area contributed by atoms with Gasteiger partial charge in [0.2, 0.25) is 17.7 Å². The Labute approximate surface area is 769 Å². The first kappa shape index (κ1) is 91.3. The van der Waals surface area contributed by atoms with Crippen molar-refractivity contribution in [3.8, 4) is 22.3 Å². The summed E-state index contributed by atoms with van der Waals surface area (Å²) in [5.74, 6) is 0.351. The maximum Gasteiger partial charge on any atom is 0.410 e. The molecule has 16 atom stereocenters. The lowest BCUT2D eigenvalue weighted by Gasteiger charge is -2.37. The van der Waals surface area contributed by atoms with Gasteiger partial charge in [-0.15, -0.1) is 0 Å². The molecule has 4 bridgehead atoms. The Bertz CT molecular complexity index is 6380. The lowest BCUT2D eigenvalue weighted by Crippen LogP contribution is -2.54. The summed E-state index contributed by atoms with van der Waals surface area (Å²) in [6.45, 7) is 15.1. The van der Waals surface area contributed by atoms with Crippen LogP contribution in [0.3, 0.4) is 0 Å². The molecule has 31 nitrogen and oxygen atoms in total. The summed E-state index contributed by atoms with van der Waals surface area (Å²) in [4.78, 5) is 173. The molecule has 8 heterocycles. The number of fused-ring (bicyclic) bond motifs is 10. The number of aliphatic carboxylic acids is 1. The SMILES string of the molecule is COC(=O)N[C@H](C(=O)N1[C@@H]2CC[C@@H](C2)[C@H]1c1nc2cc(-c3ccc4cc(C5=CN=C([C@@H]6C[C@H]7C[C@H]7N6C(=O)[C@@H](NC(=O)OC)C(C)C)C5)ccc4c3)ccc2c(=O)[nH]1)C(C)C.COC(=O)N[C@H](C(=O)N1[C@@H]2C[C@@H]2C[C@H]1C1=NC=C(c2ccc3cc(-c4ccc5c(=O)[nH]c([C@@H]6[C@H]7CC[C@H](C7)N6C(=O)OCc6ccccc6)nc5c4)ccc3c2)C1)C(C)C.COC(=O)N[C@H](C(=O)O)C(C)C. The van der Waals surface area contributed by atoms with E-state index in [1.165, 1.54) is 28.4 Å². The smallest absolute Gasteiger partial charge is 0.410 e. The van der Waals surface area contributed by atoms with E-state index in [0.717, 1.165) is 147 Å². The molecule has 0 unspecified atom stereocenters. The van der Waals surface area contributed by atoms with Crippen molar-refractivity contribution in [2.75, 3.05) is 28.4 Å². The molecule has 0 radical (unpaired) electrons. The lowest BCUT2D eigenvalue weighted by molar-refractivity contribution is -0.140. The zero-order valence-corrected chi connectivity index (χ0v) is 76.7. The van der Waals surface area contributed by atoms with Crippen molar-refractivity contribution in [1.82, 2.24) is 60.8 Å². The van der Waals surface area contributed by atoms with E-state index < -0.39 is 60.6 Å². The van der Waals surface area contributed by atoms with Crippen LogP contribution < -0.4 is 32.4 Å². The highest BCUT2D eigenvalue weighted by Crippen LogP contribution is 2.54. The number of aromatic nitrogens is 4. The van der Waals surface area contributed by atoms with Gasteiger partial charge in [0.25, 0.3) is 11.1 Å². The minimum atomic E-state index is -1.06. The second-order valence-electron chi connectivity index (χ2n) is 38.2. The normalized spacial score (nSPS) is 23.5. The Morgan fingerprint density at radius 2 is 0.774 bits per heavy atom. The Morgan fingerprint density at radius 3 is 1.17 bits per heavy atom. The molecule has 8 amide bonds. The van der Waals surface area contributed by atoms with Crippen molar-refractivity contribution in [2.24, 2.45) is 57.3 Å². The average molecular weight is 1810 g/mol. The predicted molar refractivity (Wildman–Crippen MR) is 502 cm³/mol. The zero-order valence-electron chi connectivity index (χ0n) is 76.7. The molecule has 4 saturated heterocycles. The van der Waals surface area contributed by atoms with Crippen LogP contribution in [0.2, 0.25) is 0 Å². The van der Waals surface area contributed by atoms with Crippen molar-refractivity contribution < 1.29 is 71.9 Å². The number of nitrogens with one attached hydrogen (secondary N) is 6. The van der Waals surface area contributed by atoms with E-state index >= 15 is 0 Å². The summed E-state index contributed by atoms with van der Waals surface area (Å²) < 4.78 is 24.5. The van der Waals surface area contributed by atoms with Gasteiger partial charge in [-0.25, -0.2) is 38.7 Å². The van der Waals surface area contributed by atoms with Crippen molar-refractivity contribution in [3.63, 3.8) is 0 Å². The number of benzene rings is 7. The third-order valence-corrected chi connectivity index (χ3v) is 28.5. The number of ether oxygens (including phenoxy) is 5. The number of hydrogen-bond donors (Lipinski definition) is 7.